The quantitative estimate of drug-likeness (QED) is 0.688. The Balaban J connectivity index is 2.67. The number of methoxy groups -OCH3 is 2. The van der Waals surface area contributed by atoms with Crippen LogP contribution in [-0.4, -0.2) is 43.5 Å². The van der Waals surface area contributed by atoms with Crippen molar-refractivity contribution in [2.24, 2.45) is 17.8 Å². The van der Waals surface area contributed by atoms with Crippen LogP contribution >= 0.6 is 0 Å². The number of carboxylic acid groups (broad SMARTS) is 1. The van der Waals surface area contributed by atoms with Gasteiger partial charge in [0.15, 0.2) is 6.29 Å². The van der Waals surface area contributed by atoms with E-state index in [1.807, 2.05) is 6.92 Å². The van der Waals surface area contributed by atoms with E-state index in [2.05, 4.69) is 5.32 Å². The third-order valence-corrected chi connectivity index (χ3v) is 4.13. The van der Waals surface area contributed by atoms with Crippen molar-refractivity contribution in [2.45, 2.75) is 45.4 Å². The van der Waals surface area contributed by atoms with Gasteiger partial charge in [-0.1, -0.05) is 13.3 Å². The van der Waals surface area contributed by atoms with Crippen molar-refractivity contribution in [1.82, 2.24) is 5.32 Å². The zero-order valence-electron chi connectivity index (χ0n) is 12.6. The zero-order valence-corrected chi connectivity index (χ0v) is 12.6. The molecule has 1 amide bonds. The molecule has 0 saturated heterocycles. The second-order valence-corrected chi connectivity index (χ2v) is 5.43. The minimum atomic E-state index is -0.885. The van der Waals surface area contributed by atoms with Crippen molar-refractivity contribution >= 4 is 11.9 Å². The number of ether oxygens (including phenoxy) is 2. The average Bonchev–Trinajstić information content (AvgIpc) is 2.84. The van der Waals surface area contributed by atoms with Crippen LogP contribution in [0, 0.1) is 17.8 Å². The summed E-state index contributed by atoms with van der Waals surface area (Å²) in [5.74, 6) is -1.85. The smallest absolute Gasteiger partial charge is 0.307 e. The van der Waals surface area contributed by atoms with Crippen LogP contribution in [0.5, 0.6) is 0 Å². The molecule has 4 atom stereocenters. The first kappa shape index (κ1) is 16.9. The predicted molar refractivity (Wildman–Crippen MR) is 73.0 cm³/mol. The van der Waals surface area contributed by atoms with E-state index in [-0.39, 0.29) is 11.9 Å². The van der Waals surface area contributed by atoms with Gasteiger partial charge in [-0.3, -0.25) is 9.59 Å². The van der Waals surface area contributed by atoms with Crippen molar-refractivity contribution in [3.8, 4) is 0 Å². The number of carboxylic acids is 1. The molecule has 0 aliphatic heterocycles. The molecule has 20 heavy (non-hydrogen) atoms. The molecule has 1 saturated carbocycles. The van der Waals surface area contributed by atoms with E-state index in [9.17, 15) is 14.7 Å². The number of nitrogens with one attached hydrogen (secondary N) is 1. The van der Waals surface area contributed by atoms with E-state index in [4.69, 9.17) is 9.47 Å². The number of carbonyl (C=O) groups is 2. The molecule has 1 aliphatic rings. The van der Waals surface area contributed by atoms with Crippen LogP contribution in [0.1, 0.15) is 33.1 Å². The van der Waals surface area contributed by atoms with E-state index in [0.29, 0.717) is 18.8 Å². The summed E-state index contributed by atoms with van der Waals surface area (Å²) in [5.41, 5.74) is 0. The van der Waals surface area contributed by atoms with E-state index >= 15 is 0 Å². The Kier molecular flexibility index (Phi) is 6.42. The number of carbonyl (C=O) groups excluding carboxylic acids is 1. The Morgan fingerprint density at radius 3 is 2.25 bits per heavy atom. The Bertz CT molecular complexity index is 342. The van der Waals surface area contributed by atoms with Crippen molar-refractivity contribution in [2.75, 3.05) is 14.2 Å². The molecule has 0 aromatic carbocycles. The first-order valence-electron chi connectivity index (χ1n) is 7.03. The first-order chi connectivity index (χ1) is 9.44. The summed E-state index contributed by atoms with van der Waals surface area (Å²) in [6.45, 7) is 3.80. The van der Waals surface area contributed by atoms with Gasteiger partial charge in [0.1, 0.15) is 0 Å². The Hall–Kier alpha value is -1.14. The van der Waals surface area contributed by atoms with Gasteiger partial charge in [0.25, 0.3) is 0 Å². The summed E-state index contributed by atoms with van der Waals surface area (Å²) in [6, 6.07) is -0.326. The number of hydrogen-bond donors (Lipinski definition) is 2. The molecular weight excluding hydrogens is 262 g/mol. The van der Waals surface area contributed by atoms with Crippen LogP contribution in [0.2, 0.25) is 0 Å². The van der Waals surface area contributed by atoms with E-state index < -0.39 is 24.1 Å². The highest BCUT2D eigenvalue weighted by atomic mass is 16.7. The van der Waals surface area contributed by atoms with Crippen LogP contribution < -0.4 is 5.32 Å². The molecule has 1 rings (SSSR count). The van der Waals surface area contributed by atoms with Gasteiger partial charge < -0.3 is 19.9 Å². The van der Waals surface area contributed by atoms with Crippen molar-refractivity contribution in [3.63, 3.8) is 0 Å². The van der Waals surface area contributed by atoms with Crippen LogP contribution in [0.25, 0.3) is 0 Å². The van der Waals surface area contributed by atoms with E-state index in [0.717, 1.165) is 6.42 Å². The maximum Gasteiger partial charge on any atom is 0.307 e. The minimum Gasteiger partial charge on any atom is -0.481 e. The van der Waals surface area contributed by atoms with Gasteiger partial charge in [0.2, 0.25) is 5.91 Å². The third kappa shape index (κ3) is 3.93. The third-order valence-electron chi connectivity index (χ3n) is 4.13. The summed E-state index contributed by atoms with van der Waals surface area (Å²) in [6.07, 6.45) is 1.58. The molecule has 1 aliphatic carbocycles. The molecule has 0 radical (unpaired) electrons. The maximum absolute atomic E-state index is 12.3. The molecule has 4 unspecified atom stereocenters. The highest BCUT2D eigenvalue weighted by molar-refractivity contribution is 5.85. The lowest BCUT2D eigenvalue weighted by Gasteiger charge is -2.24. The fourth-order valence-corrected chi connectivity index (χ4v) is 2.94. The first-order valence-corrected chi connectivity index (χ1v) is 7.03. The van der Waals surface area contributed by atoms with Gasteiger partial charge in [0.05, 0.1) is 17.9 Å². The highest BCUT2D eigenvalue weighted by Gasteiger charge is 2.42. The van der Waals surface area contributed by atoms with Gasteiger partial charge in [-0.15, -0.1) is 0 Å². The monoisotopic (exact) mass is 287 g/mol. The molecule has 116 valence electrons. The highest BCUT2D eigenvalue weighted by Crippen LogP contribution is 2.38. The van der Waals surface area contributed by atoms with Crippen LogP contribution in [-0.2, 0) is 19.1 Å². The molecule has 6 heteroatoms. The van der Waals surface area contributed by atoms with Gasteiger partial charge in [-0.2, -0.15) is 0 Å². The minimum absolute atomic E-state index is 0.222. The van der Waals surface area contributed by atoms with Crippen molar-refractivity contribution in [1.29, 1.82) is 0 Å². The molecule has 0 aromatic rings. The van der Waals surface area contributed by atoms with Crippen molar-refractivity contribution < 1.29 is 24.2 Å². The van der Waals surface area contributed by atoms with Crippen LogP contribution in [0.15, 0.2) is 0 Å². The zero-order chi connectivity index (χ0) is 15.3. The lowest BCUT2D eigenvalue weighted by atomic mass is 9.95. The number of hydrogen-bond acceptors (Lipinski definition) is 4. The summed E-state index contributed by atoms with van der Waals surface area (Å²) >= 11 is 0. The second-order valence-electron chi connectivity index (χ2n) is 5.43. The van der Waals surface area contributed by atoms with Gasteiger partial charge in [0, 0.05) is 14.2 Å². The average molecular weight is 287 g/mol. The van der Waals surface area contributed by atoms with Crippen molar-refractivity contribution in [3.05, 3.63) is 0 Å². The standard InChI is InChI=1S/C14H25NO5/c1-5-9-6-10(11(7-9)13(17)18)12(16)15-8(2)14(19-3)20-4/h8-11,14H,5-7H2,1-4H3,(H,15,16)(H,17,18). The molecule has 0 bridgehead atoms. The molecule has 2 N–H and O–H groups in total. The van der Waals surface area contributed by atoms with Gasteiger partial charge in [-0.05, 0) is 25.7 Å². The fraction of sp³-hybridized carbons (Fsp3) is 0.857. The Morgan fingerprint density at radius 2 is 1.80 bits per heavy atom. The molecule has 6 nitrogen and oxygen atoms in total. The molecular formula is C14H25NO5. The second kappa shape index (κ2) is 7.59. The van der Waals surface area contributed by atoms with E-state index in [1.54, 1.807) is 6.92 Å². The largest absolute Gasteiger partial charge is 0.481 e. The molecule has 0 heterocycles. The molecule has 1 fully saturated rings. The fourth-order valence-electron chi connectivity index (χ4n) is 2.94. The number of aliphatic carboxylic acids is 1. The summed E-state index contributed by atoms with van der Waals surface area (Å²) in [5, 5.41) is 12.1. The van der Waals surface area contributed by atoms with Gasteiger partial charge in [-0.25, -0.2) is 0 Å². The molecule has 0 aromatic heterocycles. The maximum atomic E-state index is 12.3. The summed E-state index contributed by atoms with van der Waals surface area (Å²) in [7, 11) is 3.00. The normalized spacial score (nSPS) is 27.6. The number of rotatable bonds is 7. The summed E-state index contributed by atoms with van der Waals surface area (Å²) in [4.78, 5) is 23.6. The van der Waals surface area contributed by atoms with Crippen LogP contribution in [0.4, 0.5) is 0 Å². The van der Waals surface area contributed by atoms with E-state index in [1.165, 1.54) is 14.2 Å². The SMILES string of the molecule is CCC1CC(C(=O)O)C(C(=O)NC(C)C(OC)OC)C1. The lowest BCUT2D eigenvalue weighted by Crippen LogP contribution is -2.46. The Morgan fingerprint density at radius 1 is 1.25 bits per heavy atom. The topological polar surface area (TPSA) is 84.9 Å². The Labute approximate surface area is 119 Å². The van der Waals surface area contributed by atoms with Crippen LogP contribution in [0.3, 0.4) is 0 Å². The predicted octanol–water partition coefficient (Wildman–Crippen LogP) is 1.25. The summed E-state index contributed by atoms with van der Waals surface area (Å²) < 4.78 is 10.2. The number of amides is 1. The van der Waals surface area contributed by atoms with Gasteiger partial charge >= 0.3 is 5.97 Å². The molecule has 0 spiro atoms. The lowest BCUT2D eigenvalue weighted by molar-refractivity contribution is -0.148.